The molecule has 1 aromatic carbocycles. The van der Waals surface area contributed by atoms with E-state index in [9.17, 15) is 22.0 Å². The second-order valence-electron chi connectivity index (χ2n) is 6.33. The lowest BCUT2D eigenvalue weighted by molar-refractivity contribution is -0.144. The first kappa shape index (κ1) is 17.3. The van der Waals surface area contributed by atoms with Gasteiger partial charge in [0.1, 0.15) is 17.7 Å². The van der Waals surface area contributed by atoms with Crippen LogP contribution in [0.25, 0.3) is 0 Å². The Kier molecular flexibility index (Phi) is 4.61. The Morgan fingerprint density at radius 2 is 1.79 bits per heavy atom. The number of hydrogen-bond acceptors (Lipinski definition) is 4. The van der Waals surface area contributed by atoms with Gasteiger partial charge in [0.05, 0.1) is 12.0 Å². The maximum absolute atomic E-state index is 13.5. The zero-order valence-corrected chi connectivity index (χ0v) is 14.1. The summed E-state index contributed by atoms with van der Waals surface area (Å²) in [7, 11) is -3.00. The van der Waals surface area contributed by atoms with Crippen LogP contribution < -0.4 is 0 Å². The number of rotatable bonds is 3. The van der Waals surface area contributed by atoms with E-state index in [0.29, 0.717) is 18.9 Å². The standard InChI is InChI=1S/C16H19F2NO4S/c1-23-16(20)15-6-10-4-2-3-5-14(10)19(15)24(21,22)13-8-11(17)7-12(18)9-13/h7-10,14-15H,2-6H2,1H3. The lowest BCUT2D eigenvalue weighted by atomic mass is 9.85. The van der Waals surface area contributed by atoms with Gasteiger partial charge in [0.25, 0.3) is 0 Å². The minimum atomic E-state index is -4.21. The Morgan fingerprint density at radius 1 is 1.17 bits per heavy atom. The van der Waals surface area contributed by atoms with Crippen LogP contribution in [0.1, 0.15) is 32.1 Å². The van der Waals surface area contributed by atoms with Crippen molar-refractivity contribution >= 4 is 16.0 Å². The van der Waals surface area contributed by atoms with Gasteiger partial charge in [-0.2, -0.15) is 4.31 Å². The highest BCUT2D eigenvalue weighted by Crippen LogP contribution is 2.43. The maximum atomic E-state index is 13.5. The summed E-state index contributed by atoms with van der Waals surface area (Å²) in [5, 5.41) is 0. The van der Waals surface area contributed by atoms with Crippen molar-refractivity contribution in [1.29, 1.82) is 0 Å². The van der Waals surface area contributed by atoms with E-state index in [1.807, 2.05) is 0 Å². The van der Waals surface area contributed by atoms with E-state index in [0.717, 1.165) is 35.7 Å². The van der Waals surface area contributed by atoms with Crippen LogP contribution in [-0.2, 0) is 19.6 Å². The predicted octanol–water partition coefficient (Wildman–Crippen LogP) is 2.46. The molecular formula is C16H19F2NO4S. The van der Waals surface area contributed by atoms with Crippen LogP contribution in [-0.4, -0.2) is 37.9 Å². The number of methoxy groups -OCH3 is 1. The number of benzene rings is 1. The highest BCUT2D eigenvalue weighted by Gasteiger charge is 2.51. The first-order chi connectivity index (χ1) is 11.3. The van der Waals surface area contributed by atoms with Crippen LogP contribution in [0.4, 0.5) is 8.78 Å². The second-order valence-corrected chi connectivity index (χ2v) is 8.17. The topological polar surface area (TPSA) is 63.7 Å². The Morgan fingerprint density at radius 3 is 2.42 bits per heavy atom. The molecule has 0 bridgehead atoms. The van der Waals surface area contributed by atoms with Crippen LogP contribution in [0.5, 0.6) is 0 Å². The van der Waals surface area contributed by atoms with Crippen LogP contribution in [0.2, 0.25) is 0 Å². The van der Waals surface area contributed by atoms with Crippen molar-refractivity contribution in [3.63, 3.8) is 0 Å². The monoisotopic (exact) mass is 359 g/mol. The van der Waals surface area contributed by atoms with Gasteiger partial charge in [-0.1, -0.05) is 12.8 Å². The van der Waals surface area contributed by atoms with Gasteiger partial charge in [0.15, 0.2) is 0 Å². The average molecular weight is 359 g/mol. The van der Waals surface area contributed by atoms with Gasteiger partial charge >= 0.3 is 5.97 Å². The Bertz CT molecular complexity index is 732. The smallest absolute Gasteiger partial charge is 0.324 e. The molecule has 3 rings (SSSR count). The molecule has 0 spiro atoms. The van der Waals surface area contributed by atoms with Crippen molar-refractivity contribution in [2.45, 2.75) is 49.1 Å². The third-order valence-electron chi connectivity index (χ3n) is 4.91. The number of sulfonamides is 1. The summed E-state index contributed by atoms with van der Waals surface area (Å²) >= 11 is 0. The van der Waals surface area contributed by atoms with Crippen LogP contribution in [0.3, 0.4) is 0 Å². The fraction of sp³-hybridized carbons (Fsp3) is 0.562. The molecule has 0 N–H and O–H groups in total. The van der Waals surface area contributed by atoms with Gasteiger partial charge in [0, 0.05) is 12.1 Å². The van der Waals surface area contributed by atoms with Crippen LogP contribution >= 0.6 is 0 Å². The minimum Gasteiger partial charge on any atom is -0.468 e. The molecule has 3 unspecified atom stereocenters. The van der Waals surface area contributed by atoms with E-state index in [4.69, 9.17) is 4.74 Å². The van der Waals surface area contributed by atoms with Gasteiger partial charge in [0.2, 0.25) is 10.0 Å². The fourth-order valence-electron chi connectivity index (χ4n) is 3.90. The molecule has 0 aromatic heterocycles. The molecule has 1 aromatic rings. The summed E-state index contributed by atoms with van der Waals surface area (Å²) in [5.74, 6) is -2.51. The van der Waals surface area contributed by atoms with E-state index >= 15 is 0 Å². The quantitative estimate of drug-likeness (QED) is 0.778. The van der Waals surface area contributed by atoms with Gasteiger partial charge in [-0.15, -0.1) is 0 Å². The second kappa shape index (κ2) is 6.40. The highest BCUT2D eigenvalue weighted by molar-refractivity contribution is 7.89. The molecular weight excluding hydrogens is 340 g/mol. The van der Waals surface area contributed by atoms with Crippen LogP contribution in [0, 0.1) is 17.6 Å². The first-order valence-corrected chi connectivity index (χ1v) is 9.36. The summed E-state index contributed by atoms with van der Waals surface area (Å²) in [4.78, 5) is 11.6. The molecule has 8 heteroatoms. The summed E-state index contributed by atoms with van der Waals surface area (Å²) in [6, 6.07) is 0.898. The molecule has 2 aliphatic rings. The zero-order chi connectivity index (χ0) is 17.5. The summed E-state index contributed by atoms with van der Waals surface area (Å²) in [5.41, 5.74) is 0. The van der Waals surface area contributed by atoms with E-state index < -0.39 is 38.6 Å². The van der Waals surface area contributed by atoms with E-state index in [2.05, 4.69) is 0 Å². The van der Waals surface area contributed by atoms with Crippen LogP contribution in [0.15, 0.2) is 23.1 Å². The van der Waals surface area contributed by atoms with Crippen molar-refractivity contribution in [2.75, 3.05) is 7.11 Å². The largest absolute Gasteiger partial charge is 0.468 e. The number of carbonyl (C=O) groups is 1. The average Bonchev–Trinajstić information content (AvgIpc) is 2.93. The Balaban J connectivity index is 2.06. The molecule has 2 fully saturated rings. The fourth-order valence-corrected chi connectivity index (χ4v) is 5.81. The van der Waals surface area contributed by atoms with E-state index in [-0.39, 0.29) is 12.0 Å². The molecule has 0 amide bonds. The molecule has 132 valence electrons. The highest BCUT2D eigenvalue weighted by atomic mass is 32.2. The summed E-state index contributed by atoms with van der Waals surface area (Å²) < 4.78 is 58.9. The van der Waals surface area contributed by atoms with E-state index in [1.165, 1.54) is 7.11 Å². The van der Waals surface area contributed by atoms with Crippen molar-refractivity contribution in [3.8, 4) is 0 Å². The van der Waals surface area contributed by atoms with Gasteiger partial charge in [-0.05, 0) is 37.3 Å². The normalized spacial score (nSPS) is 27.7. The first-order valence-electron chi connectivity index (χ1n) is 7.92. The lowest BCUT2D eigenvalue weighted by Crippen LogP contribution is -2.46. The number of esters is 1. The molecule has 0 radical (unpaired) electrons. The van der Waals surface area contributed by atoms with Crippen molar-refractivity contribution < 1.29 is 26.7 Å². The maximum Gasteiger partial charge on any atom is 0.324 e. The summed E-state index contributed by atoms with van der Waals surface area (Å²) in [6.45, 7) is 0. The molecule has 1 aliphatic heterocycles. The molecule has 3 atom stereocenters. The third-order valence-corrected chi connectivity index (χ3v) is 6.83. The molecule has 1 saturated heterocycles. The molecule has 24 heavy (non-hydrogen) atoms. The van der Waals surface area contributed by atoms with Gasteiger partial charge in [-0.25, -0.2) is 17.2 Å². The SMILES string of the molecule is COC(=O)C1CC2CCCCC2N1S(=O)(=O)c1cc(F)cc(F)c1. The van der Waals surface area contributed by atoms with E-state index in [1.54, 1.807) is 0 Å². The number of carbonyl (C=O) groups excluding carboxylic acids is 1. The summed E-state index contributed by atoms with van der Waals surface area (Å²) in [6.07, 6.45) is 3.70. The van der Waals surface area contributed by atoms with Gasteiger partial charge < -0.3 is 4.74 Å². The number of halogens is 2. The number of hydrogen-bond donors (Lipinski definition) is 0. The lowest BCUT2D eigenvalue weighted by Gasteiger charge is -2.32. The number of nitrogens with zero attached hydrogens (tertiary/aromatic N) is 1. The Labute approximate surface area is 139 Å². The molecule has 5 nitrogen and oxygen atoms in total. The van der Waals surface area contributed by atoms with Gasteiger partial charge in [-0.3, -0.25) is 4.79 Å². The third kappa shape index (κ3) is 2.93. The minimum absolute atomic E-state index is 0.0658. The van der Waals surface area contributed by atoms with Crippen molar-refractivity contribution in [3.05, 3.63) is 29.8 Å². The Hall–Kier alpha value is -1.54. The van der Waals surface area contributed by atoms with Crippen molar-refractivity contribution in [2.24, 2.45) is 5.92 Å². The number of ether oxygens (including phenoxy) is 1. The molecule has 1 heterocycles. The zero-order valence-electron chi connectivity index (χ0n) is 13.2. The van der Waals surface area contributed by atoms with Crippen molar-refractivity contribution in [1.82, 2.24) is 4.31 Å². The molecule has 1 aliphatic carbocycles. The molecule has 1 saturated carbocycles. The predicted molar refractivity (Wildman–Crippen MR) is 81.5 cm³/mol. The number of fused-ring (bicyclic) bond motifs is 1.